The maximum atomic E-state index is 12.6. The lowest BCUT2D eigenvalue weighted by molar-refractivity contribution is 0.0932. The van der Waals surface area contributed by atoms with Crippen LogP contribution in [0.25, 0.3) is 0 Å². The van der Waals surface area contributed by atoms with E-state index >= 15 is 0 Å². The smallest absolute Gasteiger partial charge is 0.272 e. The highest BCUT2D eigenvalue weighted by atomic mass is 35.5. The molecule has 3 rings (SSSR count). The number of ether oxygens (including phenoxy) is 3. The Bertz CT molecular complexity index is 1030. The fourth-order valence-electron chi connectivity index (χ4n) is 2.93. The number of benzene rings is 2. The molecule has 0 aliphatic rings. The molecule has 1 N–H and O–H groups in total. The number of carbonyl (C=O) groups excluding carboxylic acids is 1. The van der Waals surface area contributed by atoms with Crippen molar-refractivity contribution < 1.29 is 19.0 Å². The summed E-state index contributed by atoms with van der Waals surface area (Å²) in [5, 5.41) is 7.90. The van der Waals surface area contributed by atoms with Crippen molar-refractivity contribution in [2.24, 2.45) is 0 Å². The first-order valence-corrected chi connectivity index (χ1v) is 9.74. The van der Waals surface area contributed by atoms with Gasteiger partial charge in [0.15, 0.2) is 6.73 Å². The second kappa shape index (κ2) is 9.54. The fourth-order valence-corrected chi connectivity index (χ4v) is 3.05. The normalized spacial score (nSPS) is 11.6. The Hall–Kier alpha value is -3.19. The molecule has 3 aromatic rings. The Morgan fingerprint density at radius 2 is 1.90 bits per heavy atom. The van der Waals surface area contributed by atoms with E-state index in [4.69, 9.17) is 25.8 Å². The van der Waals surface area contributed by atoms with Crippen molar-refractivity contribution in [3.8, 4) is 17.2 Å². The first kappa shape index (κ1) is 21.5. The third-order valence-corrected chi connectivity index (χ3v) is 5.04. The van der Waals surface area contributed by atoms with Gasteiger partial charge in [-0.15, -0.1) is 0 Å². The van der Waals surface area contributed by atoms with E-state index in [-0.39, 0.29) is 18.7 Å². The molecule has 0 saturated heterocycles. The first-order chi connectivity index (χ1) is 14.4. The highest BCUT2D eigenvalue weighted by molar-refractivity contribution is 6.31. The molecule has 1 amide bonds. The Morgan fingerprint density at radius 3 is 2.60 bits per heavy atom. The van der Waals surface area contributed by atoms with Crippen LogP contribution in [0.2, 0.25) is 5.02 Å². The summed E-state index contributed by atoms with van der Waals surface area (Å²) in [7, 11) is 3.18. The number of carbonyl (C=O) groups is 1. The summed E-state index contributed by atoms with van der Waals surface area (Å²) < 4.78 is 17.9. The van der Waals surface area contributed by atoms with Gasteiger partial charge in [-0.05, 0) is 61.9 Å². The van der Waals surface area contributed by atoms with Gasteiger partial charge in [-0.3, -0.25) is 4.79 Å². The van der Waals surface area contributed by atoms with Crippen molar-refractivity contribution in [2.45, 2.75) is 26.6 Å². The van der Waals surface area contributed by atoms with Crippen LogP contribution in [0, 0.1) is 6.92 Å². The lowest BCUT2D eigenvalue weighted by Crippen LogP contribution is -2.27. The van der Waals surface area contributed by atoms with Crippen LogP contribution in [0.1, 0.15) is 34.6 Å². The average Bonchev–Trinajstić information content (AvgIpc) is 3.23. The number of amides is 1. The van der Waals surface area contributed by atoms with Crippen LogP contribution in [-0.4, -0.2) is 29.9 Å². The van der Waals surface area contributed by atoms with Gasteiger partial charge in [-0.2, -0.15) is 5.10 Å². The lowest BCUT2D eigenvalue weighted by atomic mass is 10.1. The second-order valence-electron chi connectivity index (χ2n) is 6.73. The van der Waals surface area contributed by atoms with Crippen LogP contribution in [-0.2, 0) is 6.73 Å². The standard InChI is InChI=1S/C22H24ClN3O4/c1-14-11-17(5-7-19(14)23)30-13-26-10-9-20(25-26)22(27)24-15(2)18-12-16(28-3)6-8-21(18)29-4/h5-12,15H,13H2,1-4H3,(H,24,27). The summed E-state index contributed by atoms with van der Waals surface area (Å²) in [6.07, 6.45) is 1.69. The first-order valence-electron chi connectivity index (χ1n) is 9.36. The van der Waals surface area contributed by atoms with Crippen molar-refractivity contribution in [1.29, 1.82) is 0 Å². The van der Waals surface area contributed by atoms with Crippen LogP contribution in [0.5, 0.6) is 17.2 Å². The van der Waals surface area contributed by atoms with Crippen LogP contribution in [0.3, 0.4) is 0 Å². The van der Waals surface area contributed by atoms with E-state index in [2.05, 4.69) is 10.4 Å². The van der Waals surface area contributed by atoms with Gasteiger partial charge in [-0.25, -0.2) is 4.68 Å². The molecule has 0 saturated carbocycles. The van der Waals surface area contributed by atoms with Gasteiger partial charge in [-0.1, -0.05) is 11.6 Å². The highest BCUT2D eigenvalue weighted by Gasteiger charge is 2.18. The molecule has 0 spiro atoms. The molecule has 0 aliphatic heterocycles. The van der Waals surface area contributed by atoms with Gasteiger partial charge in [0.05, 0.1) is 20.3 Å². The molecule has 0 aliphatic carbocycles. The molecular formula is C22H24ClN3O4. The van der Waals surface area contributed by atoms with E-state index < -0.39 is 0 Å². The van der Waals surface area contributed by atoms with E-state index in [9.17, 15) is 4.79 Å². The predicted octanol–water partition coefficient (Wildman–Crippen LogP) is 4.39. The molecule has 158 valence electrons. The van der Waals surface area contributed by atoms with E-state index in [0.29, 0.717) is 28.0 Å². The number of halogens is 1. The highest BCUT2D eigenvalue weighted by Crippen LogP contribution is 2.29. The molecule has 0 radical (unpaired) electrons. The number of rotatable bonds is 8. The SMILES string of the molecule is COc1ccc(OC)c(C(C)NC(=O)c2ccn(COc3ccc(Cl)c(C)c3)n2)c1. The van der Waals surface area contributed by atoms with Gasteiger partial charge in [0.25, 0.3) is 5.91 Å². The molecule has 0 fully saturated rings. The quantitative estimate of drug-likeness (QED) is 0.574. The minimum absolute atomic E-state index is 0.174. The third kappa shape index (κ3) is 5.04. The second-order valence-corrected chi connectivity index (χ2v) is 7.14. The van der Waals surface area contributed by atoms with E-state index in [0.717, 1.165) is 11.1 Å². The number of aryl methyl sites for hydroxylation is 1. The van der Waals surface area contributed by atoms with Gasteiger partial charge >= 0.3 is 0 Å². The maximum Gasteiger partial charge on any atom is 0.272 e. The van der Waals surface area contributed by atoms with Crippen molar-refractivity contribution in [1.82, 2.24) is 15.1 Å². The molecule has 1 unspecified atom stereocenters. The lowest BCUT2D eigenvalue weighted by Gasteiger charge is -2.17. The summed E-state index contributed by atoms with van der Waals surface area (Å²) in [4.78, 5) is 12.6. The number of nitrogens with zero attached hydrogens (tertiary/aromatic N) is 2. The predicted molar refractivity (Wildman–Crippen MR) is 114 cm³/mol. The molecule has 1 heterocycles. The van der Waals surface area contributed by atoms with Gasteiger partial charge in [0, 0.05) is 16.8 Å². The maximum absolute atomic E-state index is 12.6. The zero-order valence-corrected chi connectivity index (χ0v) is 18.1. The fraction of sp³-hybridized carbons (Fsp3) is 0.273. The zero-order chi connectivity index (χ0) is 21.7. The molecule has 1 aromatic heterocycles. The van der Waals surface area contributed by atoms with Crippen LogP contribution < -0.4 is 19.5 Å². The molecule has 2 aromatic carbocycles. The Labute approximate surface area is 180 Å². The van der Waals surface area contributed by atoms with Gasteiger partial charge in [0.2, 0.25) is 0 Å². The van der Waals surface area contributed by atoms with Crippen molar-refractivity contribution in [3.63, 3.8) is 0 Å². The molecular weight excluding hydrogens is 406 g/mol. The average molecular weight is 430 g/mol. The Kier molecular flexibility index (Phi) is 6.84. The summed E-state index contributed by atoms with van der Waals surface area (Å²) >= 11 is 6.03. The number of hydrogen-bond acceptors (Lipinski definition) is 5. The summed E-state index contributed by atoms with van der Waals surface area (Å²) in [6.45, 7) is 3.95. The van der Waals surface area contributed by atoms with Crippen LogP contribution >= 0.6 is 11.6 Å². The molecule has 7 nitrogen and oxygen atoms in total. The molecule has 30 heavy (non-hydrogen) atoms. The molecule has 8 heteroatoms. The van der Waals surface area contributed by atoms with Crippen molar-refractivity contribution >= 4 is 17.5 Å². The number of hydrogen-bond donors (Lipinski definition) is 1. The summed E-state index contributed by atoms with van der Waals surface area (Å²) in [5.74, 6) is 1.73. The van der Waals surface area contributed by atoms with E-state index in [1.54, 1.807) is 55.4 Å². The number of nitrogens with one attached hydrogen (secondary N) is 1. The van der Waals surface area contributed by atoms with Crippen molar-refractivity contribution in [2.75, 3.05) is 14.2 Å². The van der Waals surface area contributed by atoms with Crippen LogP contribution in [0.15, 0.2) is 48.7 Å². The van der Waals surface area contributed by atoms with Crippen LogP contribution in [0.4, 0.5) is 0 Å². The van der Waals surface area contributed by atoms with Crippen molar-refractivity contribution in [3.05, 3.63) is 70.5 Å². The summed E-state index contributed by atoms with van der Waals surface area (Å²) in [5.41, 5.74) is 2.03. The number of aromatic nitrogens is 2. The van der Waals surface area contributed by atoms with E-state index in [1.165, 1.54) is 0 Å². The molecule has 1 atom stereocenters. The monoisotopic (exact) mass is 429 g/mol. The largest absolute Gasteiger partial charge is 0.497 e. The number of methoxy groups -OCH3 is 2. The van der Waals surface area contributed by atoms with E-state index in [1.807, 2.05) is 26.0 Å². The summed E-state index contributed by atoms with van der Waals surface area (Å²) in [6, 6.07) is 12.2. The Morgan fingerprint density at radius 1 is 1.13 bits per heavy atom. The van der Waals surface area contributed by atoms with Gasteiger partial charge in [0.1, 0.15) is 22.9 Å². The minimum Gasteiger partial charge on any atom is -0.497 e. The Balaban J connectivity index is 1.64. The minimum atomic E-state index is -0.305. The topological polar surface area (TPSA) is 74.6 Å². The third-order valence-electron chi connectivity index (χ3n) is 4.62. The zero-order valence-electron chi connectivity index (χ0n) is 17.3. The molecule has 0 bridgehead atoms. The van der Waals surface area contributed by atoms with Gasteiger partial charge < -0.3 is 19.5 Å².